The maximum absolute atomic E-state index is 13.6. The van der Waals surface area contributed by atoms with Gasteiger partial charge in [0.2, 0.25) is 5.91 Å². The summed E-state index contributed by atoms with van der Waals surface area (Å²) in [6, 6.07) is 1.34. The molecular weight excluding hydrogens is 398 g/mol. The number of hydrogen-bond donors (Lipinski definition) is 2. The molecule has 31 heavy (non-hydrogen) atoms. The van der Waals surface area contributed by atoms with Gasteiger partial charge in [-0.1, -0.05) is 32.2 Å². The van der Waals surface area contributed by atoms with Gasteiger partial charge in [-0.05, 0) is 42.6 Å². The number of hydrogen-bond acceptors (Lipinski definition) is 4. The molecular formula is C22H26BFN4O3. The molecule has 1 aromatic heterocycles. The quantitative estimate of drug-likeness (QED) is 0.413. The van der Waals surface area contributed by atoms with E-state index in [1.54, 1.807) is 12.2 Å². The minimum Gasteiger partial charge on any atom is -0.366 e. The Balaban J connectivity index is 2.34. The second-order valence-corrected chi connectivity index (χ2v) is 7.70. The number of allylic oxidation sites excluding steroid dienone is 4. The first-order chi connectivity index (χ1) is 14.6. The minimum atomic E-state index is -0.875. The zero-order valence-corrected chi connectivity index (χ0v) is 17.7. The van der Waals surface area contributed by atoms with E-state index in [-0.39, 0.29) is 17.2 Å². The summed E-state index contributed by atoms with van der Waals surface area (Å²) in [5.74, 6) is -2.67. The van der Waals surface area contributed by atoms with Gasteiger partial charge >= 0.3 is 11.8 Å². The van der Waals surface area contributed by atoms with Gasteiger partial charge in [0.15, 0.2) is 0 Å². The van der Waals surface area contributed by atoms with Crippen molar-refractivity contribution in [1.82, 2.24) is 9.88 Å². The fourth-order valence-corrected chi connectivity index (χ4v) is 3.53. The Morgan fingerprint density at radius 2 is 2.03 bits per heavy atom. The Labute approximate surface area is 182 Å². The van der Waals surface area contributed by atoms with E-state index in [4.69, 9.17) is 5.73 Å². The summed E-state index contributed by atoms with van der Waals surface area (Å²) in [6.07, 6.45) is 9.40. The van der Waals surface area contributed by atoms with Crippen LogP contribution in [0.2, 0.25) is 0 Å². The molecule has 1 aliphatic rings. The number of amides is 3. The predicted molar refractivity (Wildman–Crippen MR) is 120 cm³/mol. The number of carbonyl (C=O) groups is 3. The summed E-state index contributed by atoms with van der Waals surface area (Å²) >= 11 is 0. The molecule has 7 nitrogen and oxygen atoms in total. The van der Waals surface area contributed by atoms with Crippen LogP contribution in [0.5, 0.6) is 0 Å². The van der Waals surface area contributed by atoms with E-state index in [1.807, 2.05) is 14.8 Å². The largest absolute Gasteiger partial charge is 0.366 e. The molecule has 3 N–H and O–H groups in total. The van der Waals surface area contributed by atoms with E-state index in [9.17, 15) is 18.8 Å². The fourth-order valence-electron chi connectivity index (χ4n) is 3.53. The lowest BCUT2D eigenvalue weighted by Crippen LogP contribution is -2.60. The molecule has 2 atom stereocenters. The SMILES string of the molecule is B[C@@]1(/C(C=C)=C/C=C(/F)C=C)CC[C@@H](C)CN1C(=O)C(=O)Nc1cncc(C(N)=O)c1. The third-order valence-corrected chi connectivity index (χ3v) is 5.39. The maximum Gasteiger partial charge on any atom is 0.313 e. The van der Waals surface area contributed by atoms with Crippen molar-refractivity contribution in [3.8, 4) is 0 Å². The second-order valence-electron chi connectivity index (χ2n) is 7.70. The van der Waals surface area contributed by atoms with E-state index in [0.29, 0.717) is 18.5 Å². The summed E-state index contributed by atoms with van der Waals surface area (Å²) in [6.45, 7) is 9.52. The molecule has 1 aliphatic heterocycles. The number of anilines is 1. The van der Waals surface area contributed by atoms with E-state index >= 15 is 0 Å². The number of piperidine rings is 1. The molecule has 3 amide bonds. The third-order valence-electron chi connectivity index (χ3n) is 5.39. The van der Waals surface area contributed by atoms with Crippen molar-refractivity contribution in [3.63, 3.8) is 0 Å². The van der Waals surface area contributed by atoms with Crippen molar-refractivity contribution in [2.45, 2.75) is 25.2 Å². The fraction of sp³-hybridized carbons (Fsp3) is 0.273. The van der Waals surface area contributed by atoms with Gasteiger partial charge in [-0.3, -0.25) is 19.4 Å². The van der Waals surface area contributed by atoms with Crippen molar-refractivity contribution >= 4 is 31.3 Å². The molecule has 0 aromatic carbocycles. The van der Waals surface area contributed by atoms with Crippen LogP contribution < -0.4 is 11.1 Å². The summed E-state index contributed by atoms with van der Waals surface area (Å²) in [7, 11) is 1.83. The zero-order chi connectivity index (χ0) is 23.2. The molecule has 1 saturated heterocycles. The average molecular weight is 424 g/mol. The van der Waals surface area contributed by atoms with Crippen LogP contribution in [0.15, 0.2) is 67.3 Å². The van der Waals surface area contributed by atoms with Crippen LogP contribution in [0.3, 0.4) is 0 Å². The van der Waals surface area contributed by atoms with Crippen LogP contribution in [0.4, 0.5) is 10.1 Å². The molecule has 0 saturated carbocycles. The number of aromatic nitrogens is 1. The first-order valence-corrected chi connectivity index (χ1v) is 9.83. The molecule has 1 aromatic rings. The van der Waals surface area contributed by atoms with Gasteiger partial charge in [-0.15, -0.1) is 0 Å². The first-order valence-electron chi connectivity index (χ1n) is 9.83. The number of pyridine rings is 1. The molecule has 1 fully saturated rings. The highest BCUT2D eigenvalue weighted by Gasteiger charge is 2.43. The highest BCUT2D eigenvalue weighted by molar-refractivity contribution is 6.41. The first kappa shape index (κ1) is 23.8. The molecule has 0 spiro atoms. The molecule has 9 heteroatoms. The maximum atomic E-state index is 13.6. The van der Waals surface area contributed by atoms with Crippen LogP contribution >= 0.6 is 0 Å². The van der Waals surface area contributed by atoms with Crippen molar-refractivity contribution in [2.24, 2.45) is 11.7 Å². The Kier molecular flexibility index (Phi) is 7.69. The number of nitrogens with zero attached hydrogens (tertiary/aromatic N) is 2. The van der Waals surface area contributed by atoms with E-state index in [0.717, 1.165) is 12.5 Å². The number of likely N-dealkylation sites (tertiary alicyclic amines) is 1. The van der Waals surface area contributed by atoms with Gasteiger partial charge in [0.1, 0.15) is 13.7 Å². The lowest BCUT2D eigenvalue weighted by molar-refractivity contribution is -0.146. The summed E-state index contributed by atoms with van der Waals surface area (Å²) in [4.78, 5) is 42.5. The normalized spacial score (nSPS) is 21.9. The van der Waals surface area contributed by atoms with Crippen LogP contribution in [-0.2, 0) is 9.59 Å². The molecule has 162 valence electrons. The van der Waals surface area contributed by atoms with Gasteiger partial charge in [-0.25, -0.2) is 4.39 Å². The summed E-state index contributed by atoms with van der Waals surface area (Å²) in [5.41, 5.74) is 5.27. The van der Waals surface area contributed by atoms with Gasteiger partial charge < -0.3 is 16.0 Å². The highest BCUT2D eigenvalue weighted by Crippen LogP contribution is 2.35. The van der Waals surface area contributed by atoms with Gasteiger partial charge in [0.25, 0.3) is 0 Å². The molecule has 0 bridgehead atoms. The van der Waals surface area contributed by atoms with Crippen LogP contribution in [0.25, 0.3) is 0 Å². The third kappa shape index (κ3) is 5.56. The number of halogens is 1. The minimum absolute atomic E-state index is 0.106. The Bertz CT molecular complexity index is 975. The molecule has 0 radical (unpaired) electrons. The number of nitrogens with one attached hydrogen (secondary N) is 1. The lowest BCUT2D eigenvalue weighted by Gasteiger charge is -2.48. The number of primary amides is 1. The van der Waals surface area contributed by atoms with E-state index < -0.39 is 29.0 Å². The van der Waals surface area contributed by atoms with Gasteiger partial charge in [0.05, 0.1) is 17.4 Å². The average Bonchev–Trinajstić information content (AvgIpc) is 2.75. The van der Waals surface area contributed by atoms with E-state index in [2.05, 4.69) is 23.5 Å². The summed E-state index contributed by atoms with van der Waals surface area (Å²) < 4.78 is 13.6. The predicted octanol–water partition coefficient (Wildman–Crippen LogP) is 1.86. The van der Waals surface area contributed by atoms with Gasteiger partial charge in [0, 0.05) is 18.2 Å². The van der Waals surface area contributed by atoms with Crippen molar-refractivity contribution in [2.75, 3.05) is 11.9 Å². The zero-order valence-electron chi connectivity index (χ0n) is 17.7. The van der Waals surface area contributed by atoms with Crippen molar-refractivity contribution in [3.05, 3.63) is 72.9 Å². The van der Waals surface area contributed by atoms with Crippen LogP contribution in [0, 0.1) is 5.92 Å². The van der Waals surface area contributed by atoms with Gasteiger partial charge in [-0.2, -0.15) is 0 Å². The monoisotopic (exact) mass is 424 g/mol. The molecule has 0 aliphatic carbocycles. The van der Waals surface area contributed by atoms with Crippen LogP contribution in [-0.4, -0.2) is 47.4 Å². The highest BCUT2D eigenvalue weighted by atomic mass is 19.1. The van der Waals surface area contributed by atoms with Crippen LogP contribution in [0.1, 0.15) is 30.1 Å². The second kappa shape index (κ2) is 10.0. The molecule has 2 heterocycles. The smallest absolute Gasteiger partial charge is 0.313 e. The Hall–Kier alpha value is -3.49. The van der Waals surface area contributed by atoms with E-state index in [1.165, 1.54) is 29.4 Å². The van der Waals surface area contributed by atoms with Crippen molar-refractivity contribution in [1.29, 1.82) is 0 Å². The topological polar surface area (TPSA) is 105 Å². The lowest BCUT2D eigenvalue weighted by atomic mass is 9.64. The standard InChI is InChI=1S/C22H26BFN4O3/c1-4-16(6-7-17(24)5-2)22(23)9-8-14(3)13-28(22)21(31)20(30)27-18-10-15(19(25)29)11-26-12-18/h4-7,10-12,14H,1-2,8-9,13,23H2,3H3,(H2,25,29)(H,27,30)/b16-6+,17-7+/t14-,22+/m1/s1. The molecule has 2 rings (SSSR count). The van der Waals surface area contributed by atoms with Crippen molar-refractivity contribution < 1.29 is 18.8 Å². The Morgan fingerprint density at radius 3 is 2.65 bits per heavy atom. The number of carbonyl (C=O) groups excluding carboxylic acids is 3. The number of nitrogens with two attached hydrogens (primary N) is 1. The number of rotatable bonds is 6. The molecule has 0 unspecified atom stereocenters. The summed E-state index contributed by atoms with van der Waals surface area (Å²) in [5, 5.41) is 2.47. The Morgan fingerprint density at radius 1 is 1.32 bits per heavy atom.